The molecule has 0 atom stereocenters. The average molecular weight is 248 g/mol. The Balaban J connectivity index is 1.80. The molecule has 0 unspecified atom stereocenters. The first kappa shape index (κ1) is 11.3. The normalized spacial score (nSPS) is 19.4. The Morgan fingerprint density at radius 3 is 2.89 bits per heavy atom. The number of anilines is 3. The molecule has 1 aromatic rings. The molecule has 0 saturated carbocycles. The molecule has 2 heterocycles. The van der Waals surface area contributed by atoms with E-state index in [1.165, 1.54) is 0 Å². The van der Waals surface area contributed by atoms with E-state index >= 15 is 0 Å². The van der Waals surface area contributed by atoms with Crippen molar-refractivity contribution >= 4 is 23.0 Å². The summed E-state index contributed by atoms with van der Waals surface area (Å²) in [4.78, 5) is 11.3. The van der Waals surface area contributed by atoms with Gasteiger partial charge in [-0.25, -0.2) is 5.01 Å². The van der Waals surface area contributed by atoms with Crippen LogP contribution in [-0.2, 0) is 16.0 Å². The molecule has 1 fully saturated rings. The standard InChI is InChI=1S/C12H16N4O2/c13-9-5-8-6-12(17)14-10(8)7-11(9)15-16-1-3-18-4-2-16/h5,7,15H,1-4,6,13H2,(H,14,17). The quantitative estimate of drug-likeness (QED) is 0.661. The zero-order valence-corrected chi connectivity index (χ0v) is 10.0. The van der Waals surface area contributed by atoms with Crippen molar-refractivity contribution in [2.45, 2.75) is 6.42 Å². The first-order valence-electron chi connectivity index (χ1n) is 6.04. The highest BCUT2D eigenvalue weighted by molar-refractivity contribution is 6.00. The monoisotopic (exact) mass is 248 g/mol. The van der Waals surface area contributed by atoms with Crippen LogP contribution in [0.15, 0.2) is 12.1 Å². The number of nitrogen functional groups attached to an aromatic ring is 1. The second kappa shape index (κ2) is 4.47. The summed E-state index contributed by atoms with van der Waals surface area (Å²) in [6, 6.07) is 3.75. The first-order chi connectivity index (χ1) is 8.72. The summed E-state index contributed by atoms with van der Waals surface area (Å²) in [5.74, 6) is 0.0212. The lowest BCUT2D eigenvalue weighted by Crippen LogP contribution is -2.40. The highest BCUT2D eigenvalue weighted by atomic mass is 16.5. The van der Waals surface area contributed by atoms with Crippen LogP contribution in [-0.4, -0.2) is 37.2 Å². The van der Waals surface area contributed by atoms with Crippen LogP contribution in [0.2, 0.25) is 0 Å². The molecule has 6 nitrogen and oxygen atoms in total. The predicted octanol–water partition coefficient (Wildman–Crippen LogP) is 0.422. The van der Waals surface area contributed by atoms with Crippen LogP contribution in [0.3, 0.4) is 0 Å². The van der Waals surface area contributed by atoms with Crippen molar-refractivity contribution in [2.24, 2.45) is 0 Å². The van der Waals surface area contributed by atoms with Crippen LogP contribution >= 0.6 is 0 Å². The Kier molecular flexibility index (Phi) is 2.81. The van der Waals surface area contributed by atoms with Gasteiger partial charge in [0.1, 0.15) is 0 Å². The highest BCUT2D eigenvalue weighted by Crippen LogP contribution is 2.31. The second-order valence-corrected chi connectivity index (χ2v) is 4.53. The Morgan fingerprint density at radius 1 is 1.33 bits per heavy atom. The number of rotatable bonds is 2. The van der Waals surface area contributed by atoms with Crippen molar-refractivity contribution in [2.75, 3.05) is 42.8 Å². The summed E-state index contributed by atoms with van der Waals surface area (Å²) in [6.45, 7) is 3.08. The molecule has 0 bridgehead atoms. The summed E-state index contributed by atoms with van der Waals surface area (Å²) in [5.41, 5.74) is 12.6. The van der Waals surface area contributed by atoms with Crippen LogP contribution in [0, 0.1) is 0 Å². The summed E-state index contributed by atoms with van der Waals surface area (Å²) < 4.78 is 5.29. The Hall–Kier alpha value is -1.79. The number of ether oxygens (including phenoxy) is 1. The van der Waals surface area contributed by atoms with E-state index in [1.54, 1.807) is 0 Å². The molecule has 0 aliphatic carbocycles. The van der Waals surface area contributed by atoms with Crippen molar-refractivity contribution < 1.29 is 9.53 Å². The topological polar surface area (TPSA) is 79.6 Å². The molecule has 2 aliphatic heterocycles. The maximum atomic E-state index is 11.3. The summed E-state index contributed by atoms with van der Waals surface area (Å²) in [5, 5.41) is 4.89. The minimum absolute atomic E-state index is 0.0212. The van der Waals surface area contributed by atoms with Gasteiger partial charge in [0.15, 0.2) is 0 Å². The molecule has 0 spiro atoms. The third kappa shape index (κ3) is 2.12. The van der Waals surface area contributed by atoms with Gasteiger partial charge < -0.3 is 21.2 Å². The summed E-state index contributed by atoms with van der Waals surface area (Å²) in [7, 11) is 0. The fourth-order valence-electron chi connectivity index (χ4n) is 2.24. The molecule has 3 rings (SSSR count). The second-order valence-electron chi connectivity index (χ2n) is 4.53. The third-order valence-corrected chi connectivity index (χ3v) is 3.19. The molecule has 96 valence electrons. The molecular formula is C12H16N4O2. The number of carbonyl (C=O) groups excluding carboxylic acids is 1. The number of benzene rings is 1. The van der Waals surface area contributed by atoms with Crippen molar-refractivity contribution in [3.63, 3.8) is 0 Å². The maximum absolute atomic E-state index is 11.3. The lowest BCUT2D eigenvalue weighted by atomic mass is 10.1. The minimum atomic E-state index is 0.0212. The van der Waals surface area contributed by atoms with Crippen molar-refractivity contribution in [3.8, 4) is 0 Å². The minimum Gasteiger partial charge on any atom is -0.397 e. The average Bonchev–Trinajstić information content (AvgIpc) is 2.70. The lowest BCUT2D eigenvalue weighted by Gasteiger charge is -2.28. The number of hydrazine groups is 1. The van der Waals surface area contributed by atoms with Gasteiger partial charge in [0.05, 0.1) is 31.0 Å². The van der Waals surface area contributed by atoms with Gasteiger partial charge in [0.2, 0.25) is 5.91 Å². The van der Waals surface area contributed by atoms with Crippen LogP contribution < -0.4 is 16.5 Å². The van der Waals surface area contributed by atoms with E-state index in [2.05, 4.69) is 15.8 Å². The van der Waals surface area contributed by atoms with E-state index in [1.807, 2.05) is 12.1 Å². The number of morpholine rings is 1. The number of hydrogen-bond donors (Lipinski definition) is 3. The first-order valence-corrected chi connectivity index (χ1v) is 6.04. The molecule has 1 aromatic carbocycles. The van der Waals surface area contributed by atoms with E-state index in [9.17, 15) is 4.79 Å². The predicted molar refractivity (Wildman–Crippen MR) is 69.2 cm³/mol. The van der Waals surface area contributed by atoms with Crippen molar-refractivity contribution in [3.05, 3.63) is 17.7 Å². The fraction of sp³-hybridized carbons (Fsp3) is 0.417. The SMILES string of the molecule is Nc1cc2c(cc1NN1CCOCC1)NC(=O)C2. The smallest absolute Gasteiger partial charge is 0.228 e. The third-order valence-electron chi connectivity index (χ3n) is 3.19. The van der Waals surface area contributed by atoms with E-state index in [0.29, 0.717) is 25.3 Å². The largest absolute Gasteiger partial charge is 0.397 e. The lowest BCUT2D eigenvalue weighted by molar-refractivity contribution is -0.115. The van der Waals surface area contributed by atoms with Gasteiger partial charge in [-0.3, -0.25) is 4.79 Å². The van der Waals surface area contributed by atoms with Crippen molar-refractivity contribution in [1.29, 1.82) is 0 Å². The van der Waals surface area contributed by atoms with E-state index in [-0.39, 0.29) is 5.91 Å². The van der Waals surface area contributed by atoms with Gasteiger partial charge in [-0.2, -0.15) is 0 Å². The highest BCUT2D eigenvalue weighted by Gasteiger charge is 2.20. The Morgan fingerprint density at radius 2 is 2.11 bits per heavy atom. The number of fused-ring (bicyclic) bond motifs is 1. The van der Waals surface area contributed by atoms with E-state index in [4.69, 9.17) is 10.5 Å². The molecule has 6 heteroatoms. The van der Waals surface area contributed by atoms with Crippen LogP contribution in [0.1, 0.15) is 5.56 Å². The molecule has 1 saturated heterocycles. The molecular weight excluding hydrogens is 232 g/mol. The summed E-state index contributed by atoms with van der Waals surface area (Å²) in [6.07, 6.45) is 0.414. The Labute approximate surface area is 105 Å². The summed E-state index contributed by atoms with van der Waals surface area (Å²) >= 11 is 0. The fourth-order valence-corrected chi connectivity index (χ4v) is 2.24. The number of carbonyl (C=O) groups is 1. The van der Waals surface area contributed by atoms with Crippen LogP contribution in [0.4, 0.5) is 17.1 Å². The Bertz CT molecular complexity index is 483. The number of nitrogens with two attached hydrogens (primary N) is 1. The van der Waals surface area contributed by atoms with Crippen molar-refractivity contribution in [1.82, 2.24) is 5.01 Å². The van der Waals surface area contributed by atoms with Gasteiger partial charge in [0.25, 0.3) is 0 Å². The van der Waals surface area contributed by atoms with Gasteiger partial charge >= 0.3 is 0 Å². The van der Waals surface area contributed by atoms with E-state index < -0.39 is 0 Å². The number of nitrogens with zero attached hydrogens (tertiary/aromatic N) is 1. The number of hydrogen-bond acceptors (Lipinski definition) is 5. The molecule has 1 amide bonds. The number of amides is 1. The molecule has 0 aromatic heterocycles. The molecule has 2 aliphatic rings. The molecule has 4 N–H and O–H groups in total. The van der Waals surface area contributed by atoms with Gasteiger partial charge in [-0.05, 0) is 17.7 Å². The zero-order valence-electron chi connectivity index (χ0n) is 10.0. The number of nitrogens with one attached hydrogen (secondary N) is 2. The van der Waals surface area contributed by atoms with Gasteiger partial charge in [-0.1, -0.05) is 0 Å². The van der Waals surface area contributed by atoms with Gasteiger partial charge in [0, 0.05) is 18.8 Å². The zero-order chi connectivity index (χ0) is 12.5. The van der Waals surface area contributed by atoms with Gasteiger partial charge in [-0.15, -0.1) is 0 Å². The maximum Gasteiger partial charge on any atom is 0.228 e. The van der Waals surface area contributed by atoms with E-state index in [0.717, 1.165) is 30.0 Å². The molecule has 18 heavy (non-hydrogen) atoms. The molecule has 0 radical (unpaired) electrons. The van der Waals surface area contributed by atoms with Crippen LogP contribution in [0.5, 0.6) is 0 Å². The van der Waals surface area contributed by atoms with Crippen LogP contribution in [0.25, 0.3) is 0 Å².